The molecule has 1 aromatic rings. The Morgan fingerprint density at radius 1 is 1.29 bits per heavy atom. The van der Waals surface area contributed by atoms with Gasteiger partial charge in [0.2, 0.25) is 0 Å². The average molecular weight is 355 g/mol. The van der Waals surface area contributed by atoms with Crippen LogP contribution in [0.15, 0.2) is 30.3 Å². The molecule has 2 rings (SSSR count). The predicted octanol–water partition coefficient (Wildman–Crippen LogP) is 1.71. The van der Waals surface area contributed by atoms with Gasteiger partial charge in [0.15, 0.2) is 0 Å². The molecule has 1 aromatic carbocycles. The molecule has 5 heteroatoms. The van der Waals surface area contributed by atoms with Crippen molar-refractivity contribution in [3.63, 3.8) is 0 Å². The number of rotatable bonds is 3. The van der Waals surface area contributed by atoms with Crippen LogP contribution in [0.4, 0.5) is 0 Å². The SMILES string of the molecule is COC(=O)C1(C)CC([Se]c2ccccc2)C(C)(C)OC1=O. The van der Waals surface area contributed by atoms with E-state index in [1.54, 1.807) is 6.92 Å². The molecule has 1 aliphatic heterocycles. The minimum absolute atomic E-state index is 0.112. The first kappa shape index (κ1) is 16.1. The van der Waals surface area contributed by atoms with Gasteiger partial charge >= 0.3 is 131 Å². The molecule has 0 spiro atoms. The van der Waals surface area contributed by atoms with Crippen LogP contribution in [0.5, 0.6) is 0 Å². The molecule has 0 bridgehead atoms. The van der Waals surface area contributed by atoms with Crippen molar-refractivity contribution in [2.24, 2.45) is 5.41 Å². The van der Waals surface area contributed by atoms with Gasteiger partial charge in [0.1, 0.15) is 0 Å². The van der Waals surface area contributed by atoms with Gasteiger partial charge in [-0.1, -0.05) is 0 Å². The molecule has 2 atom stereocenters. The van der Waals surface area contributed by atoms with Crippen LogP contribution in [0.3, 0.4) is 0 Å². The number of hydrogen-bond donors (Lipinski definition) is 0. The minimum atomic E-state index is -1.20. The fourth-order valence-electron chi connectivity index (χ4n) is 2.36. The quantitative estimate of drug-likeness (QED) is 0.471. The van der Waals surface area contributed by atoms with E-state index in [9.17, 15) is 9.59 Å². The van der Waals surface area contributed by atoms with Crippen LogP contribution in [0.25, 0.3) is 0 Å². The molecule has 21 heavy (non-hydrogen) atoms. The summed E-state index contributed by atoms with van der Waals surface area (Å²) in [6, 6.07) is 10.1. The summed E-state index contributed by atoms with van der Waals surface area (Å²) in [7, 11) is 1.30. The molecule has 1 aliphatic rings. The van der Waals surface area contributed by atoms with Crippen molar-refractivity contribution < 1.29 is 19.1 Å². The van der Waals surface area contributed by atoms with E-state index in [1.165, 1.54) is 11.6 Å². The number of benzene rings is 1. The van der Waals surface area contributed by atoms with Gasteiger partial charge in [0.05, 0.1) is 0 Å². The maximum atomic E-state index is 12.2. The molecule has 0 aromatic heterocycles. The van der Waals surface area contributed by atoms with E-state index in [2.05, 4.69) is 12.1 Å². The normalized spacial score (nSPS) is 27.8. The van der Waals surface area contributed by atoms with Crippen LogP contribution >= 0.6 is 0 Å². The van der Waals surface area contributed by atoms with Crippen molar-refractivity contribution >= 4 is 31.4 Å². The van der Waals surface area contributed by atoms with Gasteiger partial charge in [0, 0.05) is 0 Å². The second-order valence-corrected chi connectivity index (χ2v) is 8.62. The molecule has 0 aliphatic carbocycles. The Morgan fingerprint density at radius 2 is 1.90 bits per heavy atom. The molecule has 4 nitrogen and oxygen atoms in total. The molecule has 1 heterocycles. The molecule has 114 valence electrons. The third kappa shape index (κ3) is 3.14. The number of carbonyl (C=O) groups is 2. The number of carbonyl (C=O) groups excluding carboxylic acids is 2. The zero-order valence-electron chi connectivity index (χ0n) is 12.7. The third-order valence-electron chi connectivity index (χ3n) is 3.83. The molecule has 1 saturated heterocycles. The van der Waals surface area contributed by atoms with E-state index >= 15 is 0 Å². The van der Waals surface area contributed by atoms with E-state index in [-0.39, 0.29) is 19.8 Å². The third-order valence-corrected chi connectivity index (χ3v) is 7.11. The van der Waals surface area contributed by atoms with Gasteiger partial charge in [-0.2, -0.15) is 0 Å². The predicted molar refractivity (Wildman–Crippen MR) is 80.5 cm³/mol. The van der Waals surface area contributed by atoms with E-state index in [0.29, 0.717) is 6.42 Å². The first-order valence-electron chi connectivity index (χ1n) is 6.83. The second kappa shape index (κ2) is 5.82. The van der Waals surface area contributed by atoms with Gasteiger partial charge in [-0.25, -0.2) is 0 Å². The van der Waals surface area contributed by atoms with Crippen molar-refractivity contribution in [2.45, 2.75) is 37.6 Å². The van der Waals surface area contributed by atoms with Crippen LogP contribution in [0.1, 0.15) is 27.2 Å². The Balaban J connectivity index is 2.26. The van der Waals surface area contributed by atoms with Crippen LogP contribution in [0.2, 0.25) is 4.82 Å². The van der Waals surface area contributed by atoms with Crippen molar-refractivity contribution in [2.75, 3.05) is 7.11 Å². The molecule has 0 radical (unpaired) electrons. The number of hydrogen-bond acceptors (Lipinski definition) is 4. The molecular formula is C16H20O4Se. The Labute approximate surface area is 131 Å². The topological polar surface area (TPSA) is 52.6 Å². The van der Waals surface area contributed by atoms with E-state index in [1.807, 2.05) is 32.0 Å². The Kier molecular flexibility index (Phi) is 4.45. The zero-order chi connectivity index (χ0) is 15.7. The number of esters is 2. The number of ether oxygens (including phenoxy) is 2. The van der Waals surface area contributed by atoms with E-state index < -0.39 is 23.0 Å². The van der Waals surface area contributed by atoms with Crippen molar-refractivity contribution in [3.05, 3.63) is 30.3 Å². The summed E-state index contributed by atoms with van der Waals surface area (Å²) in [4.78, 5) is 24.3. The molecular weight excluding hydrogens is 335 g/mol. The van der Waals surface area contributed by atoms with Crippen molar-refractivity contribution in [3.8, 4) is 0 Å². The Bertz CT molecular complexity index is 540. The standard InChI is InChI=1S/C16H20O4Se/c1-15(2)12(21-11-8-6-5-7-9-11)10-16(3,13(17)19-4)14(18)20-15/h5-9,12H,10H2,1-4H3. The van der Waals surface area contributed by atoms with Gasteiger partial charge < -0.3 is 0 Å². The monoisotopic (exact) mass is 356 g/mol. The second-order valence-electron chi connectivity index (χ2n) is 5.94. The summed E-state index contributed by atoms with van der Waals surface area (Å²) >= 11 is 0.112. The first-order valence-corrected chi connectivity index (χ1v) is 8.68. The Hall–Kier alpha value is -1.32. The zero-order valence-corrected chi connectivity index (χ0v) is 14.4. The van der Waals surface area contributed by atoms with Crippen molar-refractivity contribution in [1.82, 2.24) is 0 Å². The number of cyclic esters (lactones) is 1. The fraction of sp³-hybridized carbons (Fsp3) is 0.500. The fourth-order valence-corrected chi connectivity index (χ4v) is 5.28. The van der Waals surface area contributed by atoms with Crippen LogP contribution in [0, 0.1) is 5.41 Å². The van der Waals surface area contributed by atoms with Gasteiger partial charge in [0.25, 0.3) is 0 Å². The van der Waals surface area contributed by atoms with Crippen molar-refractivity contribution in [1.29, 1.82) is 0 Å². The van der Waals surface area contributed by atoms with Crippen LogP contribution in [-0.4, -0.2) is 39.6 Å². The molecule has 1 fully saturated rings. The summed E-state index contributed by atoms with van der Waals surface area (Å²) in [6.45, 7) is 5.44. The van der Waals surface area contributed by atoms with Gasteiger partial charge in [-0.05, 0) is 0 Å². The van der Waals surface area contributed by atoms with Crippen LogP contribution in [-0.2, 0) is 19.1 Å². The van der Waals surface area contributed by atoms with E-state index in [0.717, 1.165) is 0 Å². The Morgan fingerprint density at radius 3 is 2.48 bits per heavy atom. The average Bonchev–Trinajstić information content (AvgIpc) is 2.44. The first-order chi connectivity index (χ1) is 9.79. The molecule has 2 unspecified atom stereocenters. The molecule has 0 N–H and O–H groups in total. The maximum absolute atomic E-state index is 12.2. The van der Waals surface area contributed by atoms with Gasteiger partial charge in [-0.15, -0.1) is 0 Å². The number of methoxy groups -OCH3 is 1. The summed E-state index contributed by atoms with van der Waals surface area (Å²) < 4.78 is 11.6. The summed E-state index contributed by atoms with van der Waals surface area (Å²) in [6.07, 6.45) is 0.459. The van der Waals surface area contributed by atoms with Gasteiger partial charge in [-0.3, -0.25) is 0 Å². The molecule has 0 amide bonds. The summed E-state index contributed by atoms with van der Waals surface area (Å²) in [5.74, 6) is -1.00. The molecule has 0 saturated carbocycles. The summed E-state index contributed by atoms with van der Waals surface area (Å²) in [5.41, 5.74) is -1.77. The summed E-state index contributed by atoms with van der Waals surface area (Å²) in [5, 5.41) is 0. The van der Waals surface area contributed by atoms with E-state index in [4.69, 9.17) is 9.47 Å². The van der Waals surface area contributed by atoms with Crippen LogP contribution < -0.4 is 4.46 Å².